The Kier molecular flexibility index (Phi) is 1.13. The summed E-state index contributed by atoms with van der Waals surface area (Å²) >= 11 is 0. The lowest BCUT2D eigenvalue weighted by Crippen LogP contribution is -2.63. The first-order chi connectivity index (χ1) is 5.57. The Balaban J connectivity index is 1.98. The topological polar surface area (TPSA) is 49.7 Å². The van der Waals surface area contributed by atoms with Crippen LogP contribution in [-0.4, -0.2) is 33.6 Å². The van der Waals surface area contributed by atoms with Gasteiger partial charge in [-0.25, -0.2) is 0 Å². The van der Waals surface area contributed by atoms with E-state index in [9.17, 15) is 10.2 Å². The fraction of sp³-hybridized carbons (Fsp3) is 1.00. The van der Waals surface area contributed by atoms with Crippen molar-refractivity contribution >= 4 is 0 Å². The summed E-state index contributed by atoms with van der Waals surface area (Å²) in [6.45, 7) is 0. The first-order valence-corrected chi connectivity index (χ1v) is 4.67. The van der Waals surface area contributed by atoms with Gasteiger partial charge in [-0.2, -0.15) is 0 Å². The van der Waals surface area contributed by atoms with Gasteiger partial charge in [-0.1, -0.05) is 0 Å². The smallest absolute Gasteiger partial charge is 0.0724 e. The van der Waals surface area contributed by atoms with E-state index in [1.165, 1.54) is 0 Å². The number of aliphatic hydroxyl groups is 2. The Morgan fingerprint density at radius 1 is 0.917 bits per heavy atom. The fourth-order valence-corrected chi connectivity index (χ4v) is 3.37. The zero-order valence-electron chi connectivity index (χ0n) is 6.99. The number of hydrogen-bond donors (Lipinski definition) is 2. The van der Waals surface area contributed by atoms with Crippen molar-refractivity contribution in [2.24, 2.45) is 0 Å². The summed E-state index contributed by atoms with van der Waals surface area (Å²) in [5.74, 6) is 0. The minimum absolute atomic E-state index is 0.112. The van der Waals surface area contributed by atoms with Gasteiger partial charge in [0.2, 0.25) is 0 Å². The van der Waals surface area contributed by atoms with Crippen LogP contribution in [0.25, 0.3) is 0 Å². The summed E-state index contributed by atoms with van der Waals surface area (Å²) in [4.78, 5) is 0. The van der Waals surface area contributed by atoms with Gasteiger partial charge < -0.3 is 14.9 Å². The van der Waals surface area contributed by atoms with E-state index in [1.54, 1.807) is 0 Å². The largest absolute Gasteiger partial charge is 0.390 e. The lowest BCUT2D eigenvalue weighted by atomic mass is 9.62. The third kappa shape index (κ3) is 0.873. The highest BCUT2D eigenvalue weighted by Crippen LogP contribution is 2.51. The Hall–Kier alpha value is -0.120. The van der Waals surface area contributed by atoms with Crippen molar-refractivity contribution in [2.45, 2.75) is 55.5 Å². The molecule has 2 heterocycles. The molecule has 2 saturated carbocycles. The maximum Gasteiger partial charge on any atom is 0.0724 e. The second-order valence-electron chi connectivity index (χ2n) is 4.82. The molecule has 68 valence electrons. The molecule has 0 aromatic heterocycles. The highest BCUT2D eigenvalue weighted by atomic mass is 16.5. The van der Waals surface area contributed by atoms with Crippen molar-refractivity contribution in [3.8, 4) is 0 Å². The van der Waals surface area contributed by atoms with Crippen molar-refractivity contribution in [3.63, 3.8) is 0 Å². The fourth-order valence-electron chi connectivity index (χ4n) is 3.37. The number of hydrogen-bond acceptors (Lipinski definition) is 3. The predicted octanol–water partition coefficient (Wildman–Crippen LogP) is 0.194. The molecule has 3 nitrogen and oxygen atoms in total. The monoisotopic (exact) mass is 170 g/mol. The Morgan fingerprint density at radius 3 is 1.67 bits per heavy atom. The molecule has 0 amide bonds. The summed E-state index contributed by atoms with van der Waals surface area (Å²) < 4.78 is 5.63. The molecule has 4 fully saturated rings. The molecular formula is C9H14O3. The first kappa shape index (κ1) is 7.30. The third-order valence-electron chi connectivity index (χ3n) is 3.47. The van der Waals surface area contributed by atoms with Gasteiger partial charge in [0, 0.05) is 32.1 Å². The van der Waals surface area contributed by atoms with Crippen LogP contribution in [0.4, 0.5) is 0 Å². The Morgan fingerprint density at radius 2 is 1.33 bits per heavy atom. The van der Waals surface area contributed by atoms with Gasteiger partial charge in [-0.05, 0) is 0 Å². The van der Waals surface area contributed by atoms with E-state index in [4.69, 9.17) is 4.74 Å². The van der Waals surface area contributed by atoms with Crippen LogP contribution >= 0.6 is 0 Å². The molecule has 2 saturated heterocycles. The van der Waals surface area contributed by atoms with Crippen LogP contribution in [0.15, 0.2) is 0 Å². The molecule has 0 radical (unpaired) electrons. The molecule has 0 aromatic carbocycles. The molecule has 3 heteroatoms. The molecule has 2 aliphatic heterocycles. The second kappa shape index (κ2) is 1.86. The Bertz CT molecular complexity index is 192. The van der Waals surface area contributed by atoms with Gasteiger partial charge in [0.1, 0.15) is 0 Å². The van der Waals surface area contributed by atoms with Gasteiger partial charge in [0.05, 0.1) is 23.4 Å². The highest BCUT2D eigenvalue weighted by Gasteiger charge is 2.57. The van der Waals surface area contributed by atoms with Gasteiger partial charge in [0.25, 0.3) is 0 Å². The molecule has 2 aliphatic carbocycles. The van der Waals surface area contributed by atoms with Crippen molar-refractivity contribution in [1.29, 1.82) is 0 Å². The van der Waals surface area contributed by atoms with Crippen LogP contribution in [0.1, 0.15) is 32.1 Å². The van der Waals surface area contributed by atoms with Crippen molar-refractivity contribution in [2.75, 3.05) is 0 Å². The van der Waals surface area contributed by atoms with Crippen LogP contribution in [0, 0.1) is 0 Å². The van der Waals surface area contributed by atoms with E-state index in [2.05, 4.69) is 0 Å². The van der Waals surface area contributed by atoms with Crippen molar-refractivity contribution < 1.29 is 14.9 Å². The van der Waals surface area contributed by atoms with Gasteiger partial charge in [-0.15, -0.1) is 0 Å². The molecule has 12 heavy (non-hydrogen) atoms. The molecule has 4 bridgehead atoms. The molecule has 2 N–H and O–H groups in total. The molecule has 0 aromatic rings. The van der Waals surface area contributed by atoms with Gasteiger partial charge >= 0.3 is 0 Å². The third-order valence-corrected chi connectivity index (χ3v) is 3.47. The number of rotatable bonds is 0. The van der Waals surface area contributed by atoms with E-state index in [1.807, 2.05) is 0 Å². The average molecular weight is 170 g/mol. The van der Waals surface area contributed by atoms with Crippen LogP contribution < -0.4 is 0 Å². The molecule has 4 rings (SSSR count). The van der Waals surface area contributed by atoms with Crippen LogP contribution in [-0.2, 0) is 4.74 Å². The molecule has 0 unspecified atom stereocenters. The molecular weight excluding hydrogens is 156 g/mol. The first-order valence-electron chi connectivity index (χ1n) is 4.67. The summed E-state index contributed by atoms with van der Waals surface area (Å²) in [7, 11) is 0. The molecule has 0 atom stereocenters. The highest BCUT2D eigenvalue weighted by molar-refractivity contribution is 5.09. The maximum absolute atomic E-state index is 10.0. The van der Waals surface area contributed by atoms with E-state index < -0.39 is 11.2 Å². The summed E-state index contributed by atoms with van der Waals surface area (Å²) in [6, 6.07) is 0. The van der Waals surface area contributed by atoms with E-state index >= 15 is 0 Å². The second-order valence-corrected chi connectivity index (χ2v) is 4.82. The van der Waals surface area contributed by atoms with Crippen LogP contribution in [0.2, 0.25) is 0 Å². The minimum atomic E-state index is -0.612. The zero-order valence-corrected chi connectivity index (χ0v) is 6.99. The van der Waals surface area contributed by atoms with Crippen molar-refractivity contribution in [1.82, 2.24) is 0 Å². The quantitative estimate of drug-likeness (QED) is 0.545. The summed E-state index contributed by atoms with van der Waals surface area (Å²) in [5, 5.41) is 20.1. The lowest BCUT2D eigenvalue weighted by Gasteiger charge is -2.57. The van der Waals surface area contributed by atoms with Gasteiger partial charge in [0.15, 0.2) is 0 Å². The minimum Gasteiger partial charge on any atom is -0.390 e. The lowest BCUT2D eigenvalue weighted by molar-refractivity contribution is -0.268. The predicted molar refractivity (Wildman–Crippen MR) is 41.6 cm³/mol. The normalized spacial score (nSPS) is 62.5. The van der Waals surface area contributed by atoms with E-state index in [0.29, 0.717) is 6.42 Å². The summed E-state index contributed by atoms with van der Waals surface area (Å²) in [5.41, 5.74) is -1.22. The number of ether oxygens (including phenoxy) is 1. The zero-order chi connectivity index (χ0) is 8.40. The van der Waals surface area contributed by atoms with E-state index in [0.717, 1.165) is 25.7 Å². The van der Waals surface area contributed by atoms with Crippen LogP contribution in [0.3, 0.4) is 0 Å². The summed E-state index contributed by atoms with van der Waals surface area (Å²) in [6.07, 6.45) is 3.70. The van der Waals surface area contributed by atoms with E-state index in [-0.39, 0.29) is 12.2 Å². The standard InChI is InChI=1S/C9H14O3/c10-8-1-6-2-9(11,5-8)4-7(3-8)12-6/h6-7,10-11H,1-5H2/t6-,7+,8-,9-. The van der Waals surface area contributed by atoms with Gasteiger partial charge in [-0.3, -0.25) is 0 Å². The molecule has 0 spiro atoms. The Labute approximate surface area is 71.3 Å². The van der Waals surface area contributed by atoms with Crippen LogP contribution in [0.5, 0.6) is 0 Å². The van der Waals surface area contributed by atoms with Crippen molar-refractivity contribution in [3.05, 3.63) is 0 Å². The molecule has 4 aliphatic rings. The maximum atomic E-state index is 10.0. The average Bonchev–Trinajstić information content (AvgIpc) is 1.75. The SMILES string of the molecule is O[C@]12C[C@@H]3C[C@@](O)(C[C@H](C1)O3)C2.